The minimum Gasteiger partial charge on any atom is -0.384 e. The van der Waals surface area contributed by atoms with E-state index in [2.05, 4.69) is 0 Å². The van der Waals surface area contributed by atoms with Gasteiger partial charge in [-0.05, 0) is 34.4 Å². The molecule has 2 nitrogen and oxygen atoms in total. The summed E-state index contributed by atoms with van der Waals surface area (Å²) in [4.78, 5) is 0. The smallest absolute Gasteiger partial charge is 0.141 e. The first-order valence-corrected chi connectivity index (χ1v) is 9.26. The van der Waals surface area contributed by atoms with Crippen LogP contribution in [0.15, 0.2) is 0 Å². The van der Waals surface area contributed by atoms with Crippen LogP contribution in [-0.2, 0) is 0 Å². The molecule has 0 aromatic rings. The highest BCUT2D eigenvalue weighted by molar-refractivity contribution is 8.84. The molecule has 4 N–H and O–H groups in total. The van der Waals surface area contributed by atoms with Crippen molar-refractivity contribution in [1.82, 2.24) is 0 Å². The molecule has 0 aromatic carbocycles. The Morgan fingerprint density at radius 1 is 0.857 bits per heavy atom. The van der Waals surface area contributed by atoms with Crippen molar-refractivity contribution in [2.75, 3.05) is 11.5 Å². The van der Waals surface area contributed by atoms with Crippen LogP contribution in [0.4, 0.5) is 0 Å². The van der Waals surface area contributed by atoms with E-state index in [0.717, 1.165) is 11.5 Å². The molecule has 0 unspecified atom stereocenters. The van der Waals surface area contributed by atoms with Crippen molar-refractivity contribution in [3.8, 4) is 0 Å². The van der Waals surface area contributed by atoms with Gasteiger partial charge in [0.25, 0.3) is 0 Å². The second-order valence-corrected chi connectivity index (χ2v) is 8.47. The minimum atomic E-state index is 0.508. The predicted octanol–water partition coefficient (Wildman–Crippen LogP) is 3.02. The number of hydrogen-bond donors (Lipinski definition) is 2. The van der Waals surface area contributed by atoms with Gasteiger partial charge in [-0.1, -0.05) is 46.0 Å². The Morgan fingerprint density at radius 2 is 1.21 bits per heavy atom. The molecule has 0 saturated heterocycles. The van der Waals surface area contributed by atoms with Crippen LogP contribution in [-0.4, -0.2) is 20.1 Å². The molecule has 0 saturated carbocycles. The van der Waals surface area contributed by atoms with Crippen molar-refractivity contribution in [3.63, 3.8) is 0 Å². The highest BCUT2D eigenvalue weighted by Gasteiger charge is 1.95. The van der Waals surface area contributed by atoms with E-state index in [1.165, 1.54) is 34.4 Å². The zero-order chi connectivity index (χ0) is 10.8. The van der Waals surface area contributed by atoms with E-state index in [1.54, 1.807) is 21.6 Å². The van der Waals surface area contributed by atoms with E-state index in [0.29, 0.717) is 8.64 Å². The molecule has 0 radical (unpaired) electrons. The zero-order valence-corrected chi connectivity index (χ0v) is 12.3. The van der Waals surface area contributed by atoms with Gasteiger partial charge in [0.05, 0.1) is 0 Å². The molecule has 0 rings (SSSR count). The molecule has 82 valence electrons. The minimum absolute atomic E-state index is 0.508. The number of hydrogen-bond acceptors (Lipinski definition) is 6. The van der Waals surface area contributed by atoms with Crippen molar-refractivity contribution in [3.05, 3.63) is 0 Å². The van der Waals surface area contributed by atoms with Crippen molar-refractivity contribution in [1.29, 1.82) is 0 Å². The molecule has 0 fully saturated rings. The molecule has 0 aliphatic rings. The molecule has 0 aliphatic carbocycles. The molecule has 14 heavy (non-hydrogen) atoms. The van der Waals surface area contributed by atoms with Crippen LogP contribution in [0.25, 0.3) is 0 Å². The van der Waals surface area contributed by atoms with Crippen LogP contribution in [0, 0.1) is 0 Å². The van der Waals surface area contributed by atoms with E-state index in [-0.39, 0.29) is 0 Å². The standard InChI is InChI=1S/C6H12N2S6/c7-5(9)13-11-3-1-2-4-12-14-6(8)10/h1-4H2,(H2,7,9)(H2,8,10). The third kappa shape index (κ3) is 13.2. The Bertz CT molecular complexity index is 165. The quantitative estimate of drug-likeness (QED) is 0.423. The van der Waals surface area contributed by atoms with Gasteiger partial charge in [-0.3, -0.25) is 0 Å². The first-order valence-electron chi connectivity index (χ1n) is 3.80. The number of thiocarbonyl (C=S) groups is 2. The van der Waals surface area contributed by atoms with E-state index >= 15 is 0 Å². The lowest BCUT2D eigenvalue weighted by atomic mass is 10.4. The van der Waals surface area contributed by atoms with E-state index in [9.17, 15) is 0 Å². The lowest BCUT2D eigenvalue weighted by molar-refractivity contribution is 0.912. The Hall–Kier alpha value is 1.18. The zero-order valence-electron chi connectivity index (χ0n) is 7.43. The number of nitrogens with two attached hydrogens (primary N) is 2. The average Bonchev–Trinajstić information content (AvgIpc) is 2.08. The van der Waals surface area contributed by atoms with Crippen LogP contribution in [0.3, 0.4) is 0 Å². The molecule has 0 bridgehead atoms. The van der Waals surface area contributed by atoms with Crippen molar-refractivity contribution in [2.24, 2.45) is 11.5 Å². The van der Waals surface area contributed by atoms with Crippen molar-refractivity contribution < 1.29 is 0 Å². The van der Waals surface area contributed by atoms with Gasteiger partial charge in [-0.15, -0.1) is 0 Å². The lowest BCUT2D eigenvalue weighted by Gasteiger charge is -1.99. The van der Waals surface area contributed by atoms with E-state index in [1.807, 2.05) is 0 Å². The van der Waals surface area contributed by atoms with Gasteiger partial charge in [0.2, 0.25) is 0 Å². The van der Waals surface area contributed by atoms with Gasteiger partial charge in [0.1, 0.15) is 8.64 Å². The van der Waals surface area contributed by atoms with Crippen molar-refractivity contribution >= 4 is 76.3 Å². The summed E-state index contributed by atoms with van der Waals surface area (Å²) in [5, 5.41) is 0. The lowest BCUT2D eigenvalue weighted by Crippen LogP contribution is -1.99. The largest absolute Gasteiger partial charge is 0.384 e. The summed E-state index contributed by atoms with van der Waals surface area (Å²) in [6.45, 7) is 0. The van der Waals surface area contributed by atoms with Gasteiger partial charge in [-0.2, -0.15) is 0 Å². The van der Waals surface area contributed by atoms with Crippen LogP contribution in [0.5, 0.6) is 0 Å². The molecule has 0 heterocycles. The maximum atomic E-state index is 5.33. The van der Waals surface area contributed by atoms with E-state index in [4.69, 9.17) is 35.9 Å². The van der Waals surface area contributed by atoms with Crippen LogP contribution in [0.1, 0.15) is 12.8 Å². The first-order chi connectivity index (χ1) is 6.63. The van der Waals surface area contributed by atoms with Crippen molar-refractivity contribution in [2.45, 2.75) is 12.8 Å². The molecule has 8 heteroatoms. The molecule has 0 atom stereocenters. The SMILES string of the molecule is NC(=S)SSCCCCSSC(N)=S. The van der Waals surface area contributed by atoms with Gasteiger partial charge < -0.3 is 11.5 Å². The molecule has 0 spiro atoms. The monoisotopic (exact) mass is 304 g/mol. The highest BCUT2D eigenvalue weighted by atomic mass is 33.1. The molecule has 0 amide bonds. The number of unbranched alkanes of at least 4 members (excludes halogenated alkanes) is 1. The third-order valence-corrected chi connectivity index (χ3v) is 6.38. The summed E-state index contributed by atoms with van der Waals surface area (Å²) in [6.07, 6.45) is 2.34. The summed E-state index contributed by atoms with van der Waals surface area (Å²) in [5.74, 6) is 2.17. The summed E-state index contributed by atoms with van der Waals surface area (Å²) < 4.78 is 1.02. The van der Waals surface area contributed by atoms with Crippen LogP contribution < -0.4 is 11.5 Å². The van der Waals surface area contributed by atoms with E-state index < -0.39 is 0 Å². The maximum Gasteiger partial charge on any atom is 0.141 e. The topological polar surface area (TPSA) is 52.0 Å². The fourth-order valence-corrected chi connectivity index (χ4v) is 4.33. The maximum absolute atomic E-state index is 5.33. The number of rotatable bonds is 7. The Morgan fingerprint density at radius 3 is 1.50 bits per heavy atom. The fourth-order valence-electron chi connectivity index (χ4n) is 0.521. The van der Waals surface area contributed by atoms with Gasteiger partial charge >= 0.3 is 0 Å². The van der Waals surface area contributed by atoms with Crippen LogP contribution >= 0.6 is 67.6 Å². The second-order valence-electron chi connectivity index (χ2n) is 2.16. The predicted molar refractivity (Wildman–Crippen MR) is 82.9 cm³/mol. The Balaban J connectivity index is 2.99. The van der Waals surface area contributed by atoms with Crippen LogP contribution in [0.2, 0.25) is 0 Å². The van der Waals surface area contributed by atoms with Gasteiger partial charge in [0.15, 0.2) is 0 Å². The second kappa shape index (κ2) is 10.7. The van der Waals surface area contributed by atoms with Gasteiger partial charge in [-0.25, -0.2) is 0 Å². The molecule has 0 aliphatic heterocycles. The summed E-state index contributed by atoms with van der Waals surface area (Å²) in [6, 6.07) is 0. The Kier molecular flexibility index (Phi) is 11.6. The summed E-state index contributed by atoms with van der Waals surface area (Å²) in [5.41, 5.74) is 10.7. The normalized spacial score (nSPS) is 10.0. The first kappa shape index (κ1) is 15.2. The fraction of sp³-hybridized carbons (Fsp3) is 0.667. The molecule has 0 aromatic heterocycles. The summed E-state index contributed by atoms with van der Waals surface area (Å²) in [7, 11) is 6.37. The van der Waals surface area contributed by atoms with Gasteiger partial charge in [0, 0.05) is 11.5 Å². The molecular weight excluding hydrogens is 292 g/mol. The molecular formula is C6H12N2S6. The average molecular weight is 305 g/mol. The summed E-state index contributed by atoms with van der Waals surface area (Å²) >= 11 is 9.46. The third-order valence-electron chi connectivity index (χ3n) is 0.987. The Labute approximate surface area is 111 Å². The highest BCUT2D eigenvalue weighted by Crippen LogP contribution is 2.25.